The molecule has 0 unspecified atom stereocenters. The van der Waals surface area contributed by atoms with Crippen LogP contribution in [0.3, 0.4) is 0 Å². The van der Waals surface area contributed by atoms with Gasteiger partial charge in [-0.25, -0.2) is 0 Å². The highest BCUT2D eigenvalue weighted by Gasteiger charge is 2.14. The lowest BCUT2D eigenvalue weighted by molar-refractivity contribution is -0.142. The molecule has 1 heterocycles. The first-order valence-corrected chi connectivity index (χ1v) is 8.20. The van der Waals surface area contributed by atoms with Crippen molar-refractivity contribution < 1.29 is 14.3 Å². The number of ketones is 1. The number of rotatable bonds is 7. The first-order valence-electron chi connectivity index (χ1n) is 7.39. The van der Waals surface area contributed by atoms with Crippen molar-refractivity contribution in [3.8, 4) is 10.4 Å². The van der Waals surface area contributed by atoms with Crippen LogP contribution < -0.4 is 5.32 Å². The van der Waals surface area contributed by atoms with E-state index in [0.29, 0.717) is 11.5 Å². The van der Waals surface area contributed by atoms with Crippen LogP contribution in [0.2, 0.25) is 0 Å². The van der Waals surface area contributed by atoms with Gasteiger partial charge in [-0.2, -0.15) is 0 Å². The van der Waals surface area contributed by atoms with Crippen molar-refractivity contribution in [3.05, 3.63) is 53.4 Å². The van der Waals surface area contributed by atoms with Crippen LogP contribution in [0, 0.1) is 0 Å². The molecule has 5 heteroatoms. The van der Waals surface area contributed by atoms with Crippen LogP contribution in [0.4, 0.5) is 5.69 Å². The maximum absolute atomic E-state index is 12.3. The van der Waals surface area contributed by atoms with Crippen molar-refractivity contribution in [3.63, 3.8) is 0 Å². The largest absolute Gasteiger partial charge is 0.466 e. The van der Waals surface area contributed by atoms with Gasteiger partial charge in [0.2, 0.25) is 0 Å². The SMILES string of the molecule is CCOC(=O)C/C=C\C(=O)c1sc(-c2ccccc2)cc1NC. The second-order valence-electron chi connectivity index (χ2n) is 4.75. The maximum atomic E-state index is 12.3. The molecule has 1 aromatic carbocycles. The number of allylic oxidation sites excluding steroid dienone is 1. The fraction of sp³-hybridized carbons (Fsp3) is 0.222. The lowest BCUT2D eigenvalue weighted by Gasteiger charge is -1.98. The number of carbonyl (C=O) groups is 2. The van der Waals surface area contributed by atoms with Crippen molar-refractivity contribution in [1.82, 2.24) is 0 Å². The van der Waals surface area contributed by atoms with Crippen LogP contribution in [-0.2, 0) is 9.53 Å². The van der Waals surface area contributed by atoms with Gasteiger partial charge in [0.25, 0.3) is 0 Å². The third kappa shape index (κ3) is 4.53. The molecule has 2 rings (SSSR count). The molecule has 2 aromatic rings. The fourth-order valence-electron chi connectivity index (χ4n) is 2.06. The van der Waals surface area contributed by atoms with E-state index in [9.17, 15) is 9.59 Å². The van der Waals surface area contributed by atoms with E-state index in [1.165, 1.54) is 17.4 Å². The van der Waals surface area contributed by atoms with E-state index < -0.39 is 0 Å². The number of hydrogen-bond donors (Lipinski definition) is 1. The fourth-order valence-corrected chi connectivity index (χ4v) is 3.15. The predicted molar refractivity (Wildman–Crippen MR) is 94.0 cm³/mol. The maximum Gasteiger partial charge on any atom is 0.309 e. The molecule has 120 valence electrons. The number of carbonyl (C=O) groups excluding carboxylic acids is 2. The molecule has 0 radical (unpaired) electrons. The Morgan fingerprint density at radius 3 is 2.65 bits per heavy atom. The molecule has 1 aromatic heterocycles. The molecule has 0 fully saturated rings. The van der Waals surface area contributed by atoms with Crippen LogP contribution in [0.15, 0.2) is 48.6 Å². The number of benzene rings is 1. The number of thiophene rings is 1. The Balaban J connectivity index is 2.15. The molecule has 0 aliphatic carbocycles. The lowest BCUT2D eigenvalue weighted by Crippen LogP contribution is -2.02. The van der Waals surface area contributed by atoms with Gasteiger partial charge in [0.15, 0.2) is 5.78 Å². The van der Waals surface area contributed by atoms with Gasteiger partial charge in [0, 0.05) is 11.9 Å². The van der Waals surface area contributed by atoms with Gasteiger partial charge >= 0.3 is 5.97 Å². The summed E-state index contributed by atoms with van der Waals surface area (Å²) in [6.45, 7) is 2.10. The summed E-state index contributed by atoms with van der Waals surface area (Å²) in [6.07, 6.45) is 3.07. The van der Waals surface area contributed by atoms with Crippen molar-refractivity contribution in [2.24, 2.45) is 0 Å². The molecule has 0 atom stereocenters. The van der Waals surface area contributed by atoms with Crippen molar-refractivity contribution in [2.45, 2.75) is 13.3 Å². The lowest BCUT2D eigenvalue weighted by atomic mass is 10.2. The smallest absolute Gasteiger partial charge is 0.309 e. The van der Waals surface area contributed by atoms with E-state index >= 15 is 0 Å². The highest BCUT2D eigenvalue weighted by molar-refractivity contribution is 7.18. The average Bonchev–Trinajstić information content (AvgIpc) is 3.00. The predicted octanol–water partition coefficient (Wildman–Crippen LogP) is 4.15. The molecule has 0 saturated carbocycles. The van der Waals surface area contributed by atoms with Crippen LogP contribution >= 0.6 is 11.3 Å². The second-order valence-corrected chi connectivity index (χ2v) is 5.80. The summed E-state index contributed by atoms with van der Waals surface area (Å²) in [6, 6.07) is 11.9. The van der Waals surface area contributed by atoms with Gasteiger partial charge < -0.3 is 10.1 Å². The Morgan fingerprint density at radius 1 is 1.26 bits per heavy atom. The summed E-state index contributed by atoms with van der Waals surface area (Å²) in [4.78, 5) is 25.3. The minimum absolute atomic E-state index is 0.103. The quantitative estimate of drug-likeness (QED) is 0.471. The molecule has 23 heavy (non-hydrogen) atoms. The van der Waals surface area contributed by atoms with Gasteiger partial charge in [-0.3, -0.25) is 9.59 Å². The molecule has 1 N–H and O–H groups in total. The number of anilines is 1. The monoisotopic (exact) mass is 329 g/mol. The van der Waals surface area contributed by atoms with Gasteiger partial charge in [-0.05, 0) is 24.6 Å². The number of ether oxygens (including phenoxy) is 1. The average molecular weight is 329 g/mol. The standard InChI is InChI=1S/C18H19NO3S/c1-3-22-17(21)11-7-10-15(20)18-14(19-2)12-16(23-18)13-8-5-4-6-9-13/h4-10,12,19H,3,11H2,1-2H3/b10-7-. The Morgan fingerprint density at radius 2 is 2.00 bits per heavy atom. The van der Waals surface area contributed by atoms with Crippen molar-refractivity contribution in [2.75, 3.05) is 19.0 Å². The normalized spacial score (nSPS) is 10.7. The number of hydrogen-bond acceptors (Lipinski definition) is 5. The summed E-state index contributed by atoms with van der Waals surface area (Å²) in [5, 5.41) is 3.05. The van der Waals surface area contributed by atoms with E-state index in [1.807, 2.05) is 36.4 Å². The zero-order chi connectivity index (χ0) is 16.7. The first kappa shape index (κ1) is 17.0. The summed E-state index contributed by atoms with van der Waals surface area (Å²) in [7, 11) is 1.79. The van der Waals surface area contributed by atoms with E-state index in [4.69, 9.17) is 4.74 Å². The summed E-state index contributed by atoms with van der Waals surface area (Å²) >= 11 is 1.43. The number of nitrogens with one attached hydrogen (secondary N) is 1. The minimum atomic E-state index is -0.332. The van der Waals surface area contributed by atoms with Gasteiger partial charge in [0.05, 0.1) is 23.6 Å². The third-order valence-corrected chi connectivity index (χ3v) is 4.34. The zero-order valence-corrected chi connectivity index (χ0v) is 14.0. The van der Waals surface area contributed by atoms with E-state index in [-0.39, 0.29) is 18.2 Å². The molecule has 0 saturated heterocycles. The highest BCUT2D eigenvalue weighted by Crippen LogP contribution is 2.35. The van der Waals surface area contributed by atoms with Gasteiger partial charge in [-0.15, -0.1) is 11.3 Å². The van der Waals surface area contributed by atoms with Crippen molar-refractivity contribution in [1.29, 1.82) is 0 Å². The summed E-state index contributed by atoms with van der Waals surface area (Å²) < 4.78 is 4.83. The van der Waals surface area contributed by atoms with E-state index in [1.54, 1.807) is 20.0 Å². The Kier molecular flexibility index (Phi) is 6.11. The van der Waals surface area contributed by atoms with E-state index in [0.717, 1.165) is 16.1 Å². The molecule has 0 amide bonds. The first-order chi connectivity index (χ1) is 11.2. The summed E-state index contributed by atoms with van der Waals surface area (Å²) in [5.74, 6) is -0.452. The topological polar surface area (TPSA) is 55.4 Å². The second kappa shape index (κ2) is 8.29. The van der Waals surface area contributed by atoms with Crippen LogP contribution in [0.5, 0.6) is 0 Å². The van der Waals surface area contributed by atoms with Crippen LogP contribution in [0.1, 0.15) is 23.0 Å². The van der Waals surface area contributed by atoms with Gasteiger partial charge in [-0.1, -0.05) is 36.4 Å². The van der Waals surface area contributed by atoms with Crippen LogP contribution in [-0.4, -0.2) is 25.4 Å². The number of esters is 1. The molecule has 0 aliphatic heterocycles. The Hall–Kier alpha value is -2.40. The molecular weight excluding hydrogens is 310 g/mol. The molecular formula is C18H19NO3S. The van der Waals surface area contributed by atoms with Crippen LogP contribution in [0.25, 0.3) is 10.4 Å². The summed E-state index contributed by atoms with van der Waals surface area (Å²) in [5.41, 5.74) is 1.86. The highest BCUT2D eigenvalue weighted by atomic mass is 32.1. The molecule has 4 nitrogen and oxygen atoms in total. The molecule has 0 spiro atoms. The molecule has 0 aliphatic rings. The Labute approximate surface area is 139 Å². The third-order valence-electron chi connectivity index (χ3n) is 3.14. The molecule has 0 bridgehead atoms. The van der Waals surface area contributed by atoms with Crippen molar-refractivity contribution >= 4 is 28.8 Å². The van der Waals surface area contributed by atoms with E-state index in [2.05, 4.69) is 5.32 Å². The van der Waals surface area contributed by atoms with Gasteiger partial charge in [0.1, 0.15) is 0 Å². The zero-order valence-electron chi connectivity index (χ0n) is 13.2. The minimum Gasteiger partial charge on any atom is -0.466 e. The Bertz CT molecular complexity index is 704.